The predicted octanol–water partition coefficient (Wildman–Crippen LogP) is 1.97. The van der Waals surface area contributed by atoms with Crippen molar-refractivity contribution < 1.29 is 4.52 Å². The van der Waals surface area contributed by atoms with Crippen LogP contribution < -0.4 is 0 Å². The van der Waals surface area contributed by atoms with Crippen molar-refractivity contribution in [2.24, 2.45) is 0 Å². The minimum Gasteiger partial charge on any atom is -0.342 e. The van der Waals surface area contributed by atoms with Gasteiger partial charge < -0.3 is 4.52 Å². The van der Waals surface area contributed by atoms with Gasteiger partial charge in [-0.05, 0) is 19.9 Å². The second-order valence-corrected chi connectivity index (χ2v) is 2.10. The number of allylic oxidation sites excluding steroid dienone is 3. The van der Waals surface area contributed by atoms with Crippen LogP contribution >= 0.6 is 0 Å². The van der Waals surface area contributed by atoms with Crippen LogP contribution in [0.15, 0.2) is 22.8 Å². The Hall–Kier alpha value is -1.38. The molecule has 0 unspecified atom stereocenters. The summed E-state index contributed by atoms with van der Waals surface area (Å²) in [6.45, 7) is 3.79. The summed E-state index contributed by atoms with van der Waals surface area (Å²) in [7, 11) is 0. The summed E-state index contributed by atoms with van der Waals surface area (Å²) in [6, 6.07) is 0. The first-order valence-electron chi connectivity index (χ1n) is 3.43. The van der Waals surface area contributed by atoms with Crippen molar-refractivity contribution in [1.82, 2.24) is 10.4 Å². The fourth-order valence-electron chi connectivity index (χ4n) is 0.651. The van der Waals surface area contributed by atoms with Crippen molar-refractivity contribution in [3.05, 3.63) is 29.7 Å². The molecule has 3 heteroatoms. The monoisotopic (exact) mass is 150 g/mol. The normalized spacial score (nSPS) is 11.8. The summed E-state index contributed by atoms with van der Waals surface area (Å²) in [5.74, 6) is 0.741. The Morgan fingerprint density at radius 3 is 2.73 bits per heavy atom. The Balaban J connectivity index is 2.71. The van der Waals surface area contributed by atoms with Crippen LogP contribution in [0, 0.1) is 6.92 Å². The van der Waals surface area contributed by atoms with Gasteiger partial charge in [-0.25, -0.2) is 0 Å². The number of hydrogen-bond acceptors (Lipinski definition) is 3. The zero-order valence-electron chi connectivity index (χ0n) is 6.61. The van der Waals surface area contributed by atoms with Crippen molar-refractivity contribution in [2.45, 2.75) is 13.8 Å². The molecule has 0 bridgehead atoms. The molecule has 0 aliphatic heterocycles. The highest BCUT2D eigenvalue weighted by molar-refractivity contribution is 5.47. The molecule has 0 saturated heterocycles. The second kappa shape index (κ2) is 3.71. The summed E-state index contributed by atoms with van der Waals surface area (Å²) in [6.07, 6.45) is 7.62. The first-order valence-corrected chi connectivity index (χ1v) is 3.43. The molecule has 0 atom stereocenters. The predicted molar refractivity (Wildman–Crippen MR) is 42.9 cm³/mol. The van der Waals surface area contributed by atoms with Gasteiger partial charge in [0.25, 0.3) is 0 Å². The molecule has 1 aromatic heterocycles. The summed E-state index contributed by atoms with van der Waals surface area (Å²) in [4.78, 5) is 0. The Labute approximate surface area is 65.4 Å². The average Bonchev–Trinajstić information content (AvgIpc) is 2.37. The quantitative estimate of drug-likeness (QED) is 0.605. The Morgan fingerprint density at radius 2 is 2.18 bits per heavy atom. The van der Waals surface area contributed by atoms with Gasteiger partial charge in [-0.2, -0.15) is 0 Å². The van der Waals surface area contributed by atoms with Gasteiger partial charge in [0.05, 0.1) is 0 Å². The zero-order valence-corrected chi connectivity index (χ0v) is 6.61. The highest BCUT2D eigenvalue weighted by Gasteiger charge is 1.97. The van der Waals surface area contributed by atoms with Gasteiger partial charge in [0.2, 0.25) is 0 Å². The Morgan fingerprint density at radius 1 is 1.36 bits per heavy atom. The lowest BCUT2D eigenvalue weighted by molar-refractivity contribution is 0.374. The van der Waals surface area contributed by atoms with Crippen LogP contribution in [0.4, 0.5) is 0 Å². The van der Waals surface area contributed by atoms with Crippen LogP contribution in [-0.4, -0.2) is 10.4 Å². The van der Waals surface area contributed by atoms with Gasteiger partial charge in [0.1, 0.15) is 5.69 Å². The first kappa shape index (κ1) is 7.72. The van der Waals surface area contributed by atoms with E-state index >= 15 is 0 Å². The smallest absolute Gasteiger partial charge is 0.161 e. The number of rotatable bonds is 2. The summed E-state index contributed by atoms with van der Waals surface area (Å²) in [5.41, 5.74) is 0.781. The van der Waals surface area contributed by atoms with Crippen LogP contribution in [-0.2, 0) is 0 Å². The van der Waals surface area contributed by atoms with E-state index < -0.39 is 0 Å². The van der Waals surface area contributed by atoms with Crippen molar-refractivity contribution in [2.75, 3.05) is 0 Å². The summed E-state index contributed by atoms with van der Waals surface area (Å²) < 4.78 is 4.76. The number of aromatic nitrogens is 2. The fourth-order valence-corrected chi connectivity index (χ4v) is 0.651. The molecule has 0 aromatic carbocycles. The molecule has 0 aliphatic carbocycles. The molecule has 1 heterocycles. The van der Waals surface area contributed by atoms with Crippen LogP contribution in [0.3, 0.4) is 0 Å². The lowest BCUT2D eigenvalue weighted by atomic mass is 10.3. The minimum atomic E-state index is 0.741. The third kappa shape index (κ3) is 2.04. The standard InChI is InChI=1S/C8H10N2O/c1-3-4-5-6-8-7(2)11-10-9-8/h3-6H,1-2H3. The molecule has 0 amide bonds. The van der Waals surface area contributed by atoms with Crippen molar-refractivity contribution >= 4 is 6.08 Å². The van der Waals surface area contributed by atoms with E-state index in [4.69, 9.17) is 4.52 Å². The molecule has 58 valence electrons. The molecule has 0 aliphatic rings. The molecule has 0 radical (unpaired) electrons. The van der Waals surface area contributed by atoms with Gasteiger partial charge in [-0.15, -0.1) is 5.10 Å². The fraction of sp³-hybridized carbons (Fsp3) is 0.250. The van der Waals surface area contributed by atoms with Gasteiger partial charge in [0.15, 0.2) is 5.76 Å². The van der Waals surface area contributed by atoms with E-state index in [2.05, 4.69) is 10.4 Å². The van der Waals surface area contributed by atoms with E-state index in [9.17, 15) is 0 Å². The van der Waals surface area contributed by atoms with E-state index in [0.29, 0.717) is 0 Å². The molecule has 3 nitrogen and oxygen atoms in total. The largest absolute Gasteiger partial charge is 0.342 e. The molecule has 1 rings (SSSR count). The van der Waals surface area contributed by atoms with Crippen molar-refractivity contribution in [1.29, 1.82) is 0 Å². The van der Waals surface area contributed by atoms with Crippen LogP contribution in [0.5, 0.6) is 0 Å². The summed E-state index contributed by atoms with van der Waals surface area (Å²) in [5, 5.41) is 7.15. The lowest BCUT2D eigenvalue weighted by Gasteiger charge is -1.79. The average molecular weight is 150 g/mol. The van der Waals surface area contributed by atoms with Crippen molar-refractivity contribution in [3.63, 3.8) is 0 Å². The first-order chi connectivity index (χ1) is 5.34. The van der Waals surface area contributed by atoms with E-state index in [1.807, 2.05) is 38.2 Å². The van der Waals surface area contributed by atoms with Crippen LogP contribution in [0.1, 0.15) is 18.4 Å². The van der Waals surface area contributed by atoms with Gasteiger partial charge in [0, 0.05) is 5.27 Å². The molecular weight excluding hydrogens is 140 g/mol. The molecule has 11 heavy (non-hydrogen) atoms. The Kier molecular flexibility index (Phi) is 2.60. The number of nitrogens with zero attached hydrogens (tertiary/aromatic N) is 2. The van der Waals surface area contributed by atoms with Crippen LogP contribution in [0.25, 0.3) is 6.08 Å². The van der Waals surface area contributed by atoms with E-state index in [1.165, 1.54) is 0 Å². The molecule has 0 N–H and O–H groups in total. The maximum atomic E-state index is 4.76. The maximum Gasteiger partial charge on any atom is 0.161 e. The van der Waals surface area contributed by atoms with Gasteiger partial charge in [-0.3, -0.25) is 0 Å². The number of aryl methyl sites for hydroxylation is 1. The zero-order chi connectivity index (χ0) is 8.10. The second-order valence-electron chi connectivity index (χ2n) is 2.10. The third-order valence-corrected chi connectivity index (χ3v) is 1.24. The maximum absolute atomic E-state index is 4.76. The molecule has 0 fully saturated rings. The lowest BCUT2D eigenvalue weighted by Crippen LogP contribution is -1.73. The molecule has 0 spiro atoms. The molecular formula is C8H10N2O. The van der Waals surface area contributed by atoms with Gasteiger partial charge in [-0.1, -0.05) is 18.2 Å². The molecule has 1 aromatic rings. The van der Waals surface area contributed by atoms with E-state index in [-0.39, 0.29) is 0 Å². The van der Waals surface area contributed by atoms with Crippen LogP contribution in [0.2, 0.25) is 0 Å². The Bertz CT molecular complexity index is 273. The SMILES string of the molecule is CC=CC=Cc1nnoc1C. The highest BCUT2D eigenvalue weighted by atomic mass is 16.5. The highest BCUT2D eigenvalue weighted by Crippen LogP contribution is 2.03. The minimum absolute atomic E-state index is 0.741. The van der Waals surface area contributed by atoms with Crippen molar-refractivity contribution in [3.8, 4) is 0 Å². The number of hydrogen-bond donors (Lipinski definition) is 0. The van der Waals surface area contributed by atoms with E-state index in [1.54, 1.807) is 0 Å². The topological polar surface area (TPSA) is 38.9 Å². The summed E-state index contributed by atoms with van der Waals surface area (Å²) >= 11 is 0. The third-order valence-electron chi connectivity index (χ3n) is 1.24. The molecule has 0 saturated carbocycles. The van der Waals surface area contributed by atoms with Gasteiger partial charge >= 0.3 is 0 Å². The van der Waals surface area contributed by atoms with E-state index in [0.717, 1.165) is 11.5 Å².